The monoisotopic (exact) mass is 458 g/mol. The van der Waals surface area contributed by atoms with Crippen LogP contribution in [-0.2, 0) is 9.59 Å². The van der Waals surface area contributed by atoms with Gasteiger partial charge in [-0.05, 0) is 55.0 Å². The van der Waals surface area contributed by atoms with E-state index in [1.807, 2.05) is 0 Å². The Morgan fingerprint density at radius 1 is 1.23 bits per heavy atom. The maximum Gasteiger partial charge on any atom is 0.344 e. The van der Waals surface area contributed by atoms with E-state index < -0.39 is 23.9 Å². The van der Waals surface area contributed by atoms with Crippen LogP contribution in [0.5, 0.6) is 11.5 Å². The van der Waals surface area contributed by atoms with Crippen molar-refractivity contribution in [2.75, 3.05) is 7.11 Å². The van der Waals surface area contributed by atoms with E-state index in [-0.39, 0.29) is 9.88 Å². The van der Waals surface area contributed by atoms with E-state index in [9.17, 15) is 14.4 Å². The first-order valence-electron chi connectivity index (χ1n) is 9.01. The summed E-state index contributed by atoms with van der Waals surface area (Å²) < 4.78 is 10.7. The summed E-state index contributed by atoms with van der Waals surface area (Å²) in [6.07, 6.45) is 0.575. The standard InChI is InChI=1S/C21H18N2O6S2/c1-12(20(26)27)29-14-7-5-6-13(10-14)11-17-19(25)23(21(30)31-17)22-18(24)15-8-3-4-9-16(15)28-2/h3-12H,1-2H3,(H,22,24)(H,26,27)/b17-11+. The number of aliphatic carboxylic acids is 1. The molecule has 2 aromatic rings. The van der Waals surface area contributed by atoms with Crippen molar-refractivity contribution < 1.29 is 29.0 Å². The predicted molar refractivity (Wildman–Crippen MR) is 120 cm³/mol. The first-order valence-corrected chi connectivity index (χ1v) is 10.2. The fourth-order valence-electron chi connectivity index (χ4n) is 2.64. The molecule has 0 saturated carbocycles. The molecule has 0 radical (unpaired) electrons. The van der Waals surface area contributed by atoms with Crippen LogP contribution in [0, 0.1) is 0 Å². The fourth-order valence-corrected chi connectivity index (χ4v) is 3.82. The number of hydrazine groups is 1. The number of hydrogen-bond acceptors (Lipinski definition) is 7. The van der Waals surface area contributed by atoms with Crippen molar-refractivity contribution in [3.8, 4) is 11.5 Å². The summed E-state index contributed by atoms with van der Waals surface area (Å²) in [4.78, 5) is 36.7. The number of carbonyl (C=O) groups is 3. The Hall–Kier alpha value is -3.37. The van der Waals surface area contributed by atoms with E-state index in [2.05, 4.69) is 5.43 Å². The molecular formula is C21H18N2O6S2. The second kappa shape index (κ2) is 9.63. The average molecular weight is 459 g/mol. The lowest BCUT2D eigenvalue weighted by molar-refractivity contribution is -0.144. The average Bonchev–Trinajstić information content (AvgIpc) is 3.01. The predicted octanol–water partition coefficient (Wildman–Crippen LogP) is 3.09. The third kappa shape index (κ3) is 5.22. The number of nitrogens with zero attached hydrogens (tertiary/aromatic N) is 1. The number of nitrogens with one attached hydrogen (secondary N) is 1. The first-order chi connectivity index (χ1) is 14.8. The Balaban J connectivity index is 1.76. The van der Waals surface area contributed by atoms with Crippen molar-refractivity contribution in [2.24, 2.45) is 0 Å². The number of carboxylic acid groups (broad SMARTS) is 1. The van der Waals surface area contributed by atoms with E-state index in [0.717, 1.165) is 16.8 Å². The highest BCUT2D eigenvalue weighted by Gasteiger charge is 2.34. The summed E-state index contributed by atoms with van der Waals surface area (Å²) in [5.74, 6) is -1.38. The number of thiocarbonyl (C=S) groups is 1. The molecule has 1 heterocycles. The highest BCUT2D eigenvalue weighted by atomic mass is 32.2. The molecule has 1 aliphatic rings. The van der Waals surface area contributed by atoms with Gasteiger partial charge in [-0.2, -0.15) is 5.01 Å². The number of amides is 2. The van der Waals surface area contributed by atoms with E-state index in [1.54, 1.807) is 54.6 Å². The van der Waals surface area contributed by atoms with E-state index in [0.29, 0.717) is 22.0 Å². The zero-order chi connectivity index (χ0) is 22.5. The van der Waals surface area contributed by atoms with Gasteiger partial charge in [0, 0.05) is 0 Å². The number of carboxylic acids is 1. The van der Waals surface area contributed by atoms with Gasteiger partial charge in [0.2, 0.25) is 0 Å². The lowest BCUT2D eigenvalue weighted by Gasteiger charge is -2.16. The van der Waals surface area contributed by atoms with Crippen LogP contribution in [0.15, 0.2) is 53.4 Å². The Kier molecular flexibility index (Phi) is 6.93. The highest BCUT2D eigenvalue weighted by molar-refractivity contribution is 8.26. The number of methoxy groups -OCH3 is 1. The van der Waals surface area contributed by atoms with Crippen LogP contribution < -0.4 is 14.9 Å². The van der Waals surface area contributed by atoms with E-state index in [4.69, 9.17) is 26.8 Å². The summed E-state index contributed by atoms with van der Waals surface area (Å²) in [5, 5.41) is 9.98. The number of benzene rings is 2. The maximum absolute atomic E-state index is 12.8. The minimum Gasteiger partial charge on any atom is -0.496 e. The quantitative estimate of drug-likeness (QED) is 0.482. The number of thioether (sulfide) groups is 1. The molecule has 3 rings (SSSR count). The molecule has 1 fully saturated rings. The van der Waals surface area contributed by atoms with Gasteiger partial charge >= 0.3 is 5.97 Å². The Morgan fingerprint density at radius 2 is 1.97 bits per heavy atom. The second-order valence-electron chi connectivity index (χ2n) is 6.33. The molecular weight excluding hydrogens is 440 g/mol. The summed E-state index contributed by atoms with van der Waals surface area (Å²) >= 11 is 6.28. The molecule has 0 spiro atoms. The van der Waals surface area contributed by atoms with Gasteiger partial charge in [-0.25, -0.2) is 4.79 Å². The van der Waals surface area contributed by atoms with Crippen molar-refractivity contribution in [3.63, 3.8) is 0 Å². The summed E-state index contributed by atoms with van der Waals surface area (Å²) in [6, 6.07) is 13.3. The van der Waals surface area contributed by atoms with Gasteiger partial charge in [-0.1, -0.05) is 36.0 Å². The largest absolute Gasteiger partial charge is 0.496 e. The molecule has 31 heavy (non-hydrogen) atoms. The normalized spacial score (nSPS) is 15.7. The van der Waals surface area contributed by atoms with Crippen LogP contribution in [0.3, 0.4) is 0 Å². The number of carbonyl (C=O) groups excluding carboxylic acids is 2. The van der Waals surface area contributed by atoms with Crippen molar-refractivity contribution in [3.05, 3.63) is 64.6 Å². The zero-order valence-electron chi connectivity index (χ0n) is 16.5. The van der Waals surface area contributed by atoms with Gasteiger partial charge in [0.05, 0.1) is 17.6 Å². The molecule has 1 unspecified atom stereocenters. The molecule has 1 saturated heterocycles. The highest BCUT2D eigenvalue weighted by Crippen LogP contribution is 2.32. The van der Waals surface area contributed by atoms with Gasteiger partial charge in [-0.3, -0.25) is 15.0 Å². The van der Waals surface area contributed by atoms with Crippen molar-refractivity contribution in [2.45, 2.75) is 13.0 Å². The van der Waals surface area contributed by atoms with Crippen LogP contribution in [0.2, 0.25) is 0 Å². The van der Waals surface area contributed by atoms with Crippen LogP contribution >= 0.6 is 24.0 Å². The van der Waals surface area contributed by atoms with E-state index >= 15 is 0 Å². The molecule has 0 aromatic heterocycles. The lowest BCUT2D eigenvalue weighted by Crippen LogP contribution is -2.44. The molecule has 2 amide bonds. The van der Waals surface area contributed by atoms with Crippen LogP contribution in [0.4, 0.5) is 0 Å². The molecule has 2 N–H and O–H groups in total. The fraction of sp³-hybridized carbons (Fsp3) is 0.143. The van der Waals surface area contributed by atoms with Gasteiger partial charge in [0.1, 0.15) is 11.5 Å². The minimum atomic E-state index is -1.09. The summed E-state index contributed by atoms with van der Waals surface area (Å²) in [5.41, 5.74) is 3.39. The Morgan fingerprint density at radius 3 is 2.68 bits per heavy atom. The van der Waals surface area contributed by atoms with Gasteiger partial charge in [-0.15, -0.1) is 0 Å². The van der Waals surface area contributed by atoms with Gasteiger partial charge < -0.3 is 14.6 Å². The van der Waals surface area contributed by atoms with Crippen molar-refractivity contribution in [1.82, 2.24) is 10.4 Å². The van der Waals surface area contributed by atoms with Gasteiger partial charge in [0.25, 0.3) is 11.8 Å². The first kappa shape index (κ1) is 22.3. The number of para-hydroxylation sites is 1. The summed E-state index contributed by atoms with van der Waals surface area (Å²) in [6.45, 7) is 1.42. The Bertz CT molecular complexity index is 1090. The molecule has 1 aliphatic heterocycles. The molecule has 8 nitrogen and oxygen atoms in total. The van der Waals surface area contributed by atoms with Crippen molar-refractivity contribution >= 4 is 52.2 Å². The topological polar surface area (TPSA) is 105 Å². The van der Waals surface area contributed by atoms with Crippen molar-refractivity contribution in [1.29, 1.82) is 0 Å². The lowest BCUT2D eigenvalue weighted by atomic mass is 10.2. The molecule has 160 valence electrons. The smallest absolute Gasteiger partial charge is 0.344 e. The van der Waals surface area contributed by atoms with Crippen LogP contribution in [0.1, 0.15) is 22.8 Å². The molecule has 0 aliphatic carbocycles. The van der Waals surface area contributed by atoms with E-state index in [1.165, 1.54) is 14.0 Å². The summed E-state index contributed by atoms with van der Waals surface area (Å²) in [7, 11) is 1.45. The van der Waals surface area contributed by atoms with Crippen LogP contribution in [-0.4, -0.2) is 45.4 Å². The van der Waals surface area contributed by atoms with Gasteiger partial charge in [0.15, 0.2) is 10.4 Å². The molecule has 0 bridgehead atoms. The maximum atomic E-state index is 12.8. The Labute approximate surface area is 187 Å². The number of hydrogen-bond donors (Lipinski definition) is 2. The second-order valence-corrected chi connectivity index (χ2v) is 8.00. The minimum absolute atomic E-state index is 0.173. The third-order valence-electron chi connectivity index (χ3n) is 4.18. The third-order valence-corrected chi connectivity index (χ3v) is 5.48. The van der Waals surface area contributed by atoms with Crippen LogP contribution in [0.25, 0.3) is 6.08 Å². The SMILES string of the molecule is COc1ccccc1C(=O)NN1C(=O)/C(=C\c2cccc(OC(C)C(=O)O)c2)SC1=S. The zero-order valence-corrected chi connectivity index (χ0v) is 18.2. The number of ether oxygens (including phenoxy) is 2. The molecule has 10 heteroatoms. The molecule has 2 aromatic carbocycles. The number of rotatable bonds is 7. The molecule has 1 atom stereocenters.